The van der Waals surface area contributed by atoms with E-state index in [2.05, 4.69) is 5.32 Å². The lowest BCUT2D eigenvalue weighted by Crippen LogP contribution is -2.37. The summed E-state index contributed by atoms with van der Waals surface area (Å²) in [5.41, 5.74) is 1.19. The number of ether oxygens (including phenoxy) is 1. The fourth-order valence-corrected chi connectivity index (χ4v) is 2.77. The van der Waals surface area contributed by atoms with E-state index in [1.54, 1.807) is 12.1 Å². The van der Waals surface area contributed by atoms with Crippen molar-refractivity contribution >= 4 is 23.6 Å². The Bertz CT molecular complexity index is 961. The average molecular weight is 420 g/mol. The van der Waals surface area contributed by atoms with Crippen molar-refractivity contribution in [3.63, 3.8) is 0 Å². The molecule has 2 rings (SSSR count). The molecule has 2 amide bonds. The number of rotatable bonds is 8. The highest BCUT2D eigenvalue weighted by Gasteiger charge is 2.18. The molecule has 0 saturated heterocycles. The van der Waals surface area contributed by atoms with E-state index in [-0.39, 0.29) is 13.1 Å². The summed E-state index contributed by atoms with van der Waals surface area (Å²) in [7, 11) is 1.52. The predicted octanol–water partition coefficient (Wildman–Crippen LogP) is 4.31. The van der Waals surface area contributed by atoms with Gasteiger partial charge in [-0.2, -0.15) is 0 Å². The van der Waals surface area contributed by atoms with Crippen LogP contribution >= 0.6 is 0 Å². The number of nitrogens with one attached hydrogen (secondary N) is 1. The van der Waals surface area contributed by atoms with Crippen molar-refractivity contribution in [1.29, 1.82) is 0 Å². The fraction of sp³-hybridized carbons (Fsp3) is 0.273. The molecule has 160 valence electrons. The first-order valence-electron chi connectivity index (χ1n) is 9.31. The van der Waals surface area contributed by atoms with Crippen LogP contribution in [0, 0.1) is 24.4 Å². The molecule has 0 spiro atoms. The third kappa shape index (κ3) is 5.85. The highest BCUT2D eigenvalue weighted by atomic mass is 19.2. The second kappa shape index (κ2) is 10.5. The lowest BCUT2D eigenvalue weighted by Gasteiger charge is -2.20. The Morgan fingerprint density at radius 1 is 1.13 bits per heavy atom. The zero-order chi connectivity index (χ0) is 22.3. The van der Waals surface area contributed by atoms with Crippen LogP contribution in [0.2, 0.25) is 0 Å². The number of carbonyl (C=O) groups excluding carboxylic acids is 2. The van der Waals surface area contributed by atoms with Gasteiger partial charge < -0.3 is 15.0 Å². The molecule has 0 unspecified atom stereocenters. The van der Waals surface area contributed by atoms with E-state index in [4.69, 9.17) is 4.74 Å². The topological polar surface area (TPSA) is 58.6 Å². The van der Waals surface area contributed by atoms with E-state index in [0.717, 1.165) is 11.6 Å². The monoisotopic (exact) mass is 420 g/mol. The lowest BCUT2D eigenvalue weighted by molar-refractivity contribution is -0.130. The van der Waals surface area contributed by atoms with Crippen LogP contribution in [0.3, 0.4) is 0 Å². The second-order valence-corrected chi connectivity index (χ2v) is 6.61. The van der Waals surface area contributed by atoms with Crippen LogP contribution in [-0.4, -0.2) is 36.9 Å². The quantitative estimate of drug-likeness (QED) is 0.511. The van der Waals surface area contributed by atoms with Crippen LogP contribution in [0.5, 0.6) is 5.75 Å². The van der Waals surface area contributed by atoms with Gasteiger partial charge in [-0.15, -0.1) is 0 Å². The lowest BCUT2D eigenvalue weighted by atomic mass is 10.1. The van der Waals surface area contributed by atoms with Crippen molar-refractivity contribution in [1.82, 2.24) is 4.90 Å². The van der Waals surface area contributed by atoms with Crippen LogP contribution in [0.1, 0.15) is 24.5 Å². The average Bonchev–Trinajstić information content (AvgIpc) is 2.72. The van der Waals surface area contributed by atoms with E-state index in [1.807, 2.05) is 26.0 Å². The first-order chi connectivity index (χ1) is 14.3. The minimum atomic E-state index is -1.68. The number of anilines is 1. The van der Waals surface area contributed by atoms with E-state index in [9.17, 15) is 22.8 Å². The number of hydrogen-bond donors (Lipinski definition) is 1. The number of benzene rings is 2. The fourth-order valence-electron chi connectivity index (χ4n) is 2.77. The van der Waals surface area contributed by atoms with Gasteiger partial charge in [-0.3, -0.25) is 9.59 Å². The Hall–Kier alpha value is -3.29. The standard InChI is InChI=1S/C22H23F3N2O3/c1-4-11-27(13-19(28)26-17-8-7-16(23)21(24)22(17)25)20(29)10-6-15-12-14(2)5-9-18(15)30-3/h5-10,12H,4,11,13H2,1-3H3,(H,26,28)/b10-6+. The Morgan fingerprint density at radius 3 is 2.53 bits per heavy atom. The van der Waals surface area contributed by atoms with Crippen molar-refractivity contribution in [2.45, 2.75) is 20.3 Å². The van der Waals surface area contributed by atoms with Crippen molar-refractivity contribution in [2.24, 2.45) is 0 Å². The van der Waals surface area contributed by atoms with Crippen LogP contribution in [0.4, 0.5) is 18.9 Å². The highest BCUT2D eigenvalue weighted by Crippen LogP contribution is 2.21. The van der Waals surface area contributed by atoms with Crippen LogP contribution < -0.4 is 10.1 Å². The Morgan fingerprint density at radius 2 is 1.87 bits per heavy atom. The van der Waals surface area contributed by atoms with Crippen LogP contribution in [0.15, 0.2) is 36.4 Å². The number of nitrogens with zero attached hydrogens (tertiary/aromatic N) is 1. The molecule has 0 atom stereocenters. The molecular formula is C22H23F3N2O3. The van der Waals surface area contributed by atoms with Gasteiger partial charge in [-0.05, 0) is 43.7 Å². The van der Waals surface area contributed by atoms with Gasteiger partial charge in [0.15, 0.2) is 17.5 Å². The van der Waals surface area contributed by atoms with Gasteiger partial charge in [0.25, 0.3) is 0 Å². The molecular weight excluding hydrogens is 397 g/mol. The number of amides is 2. The van der Waals surface area contributed by atoms with Crippen LogP contribution in [0.25, 0.3) is 6.08 Å². The molecule has 0 radical (unpaired) electrons. The second-order valence-electron chi connectivity index (χ2n) is 6.61. The summed E-state index contributed by atoms with van der Waals surface area (Å²) >= 11 is 0. The smallest absolute Gasteiger partial charge is 0.247 e. The molecule has 2 aromatic rings. The minimum Gasteiger partial charge on any atom is -0.496 e. The number of halogens is 3. The Labute approximate surface area is 173 Å². The van der Waals surface area contributed by atoms with Gasteiger partial charge in [0.2, 0.25) is 11.8 Å². The summed E-state index contributed by atoms with van der Waals surface area (Å²) in [6, 6.07) is 7.14. The maximum absolute atomic E-state index is 13.7. The summed E-state index contributed by atoms with van der Waals surface area (Å²) < 4.78 is 45.4. The Kier molecular flexibility index (Phi) is 8.03. The van der Waals surface area contributed by atoms with E-state index >= 15 is 0 Å². The largest absolute Gasteiger partial charge is 0.496 e. The maximum atomic E-state index is 13.7. The molecule has 30 heavy (non-hydrogen) atoms. The summed E-state index contributed by atoms with van der Waals surface area (Å²) in [5, 5.41) is 2.16. The molecule has 0 aliphatic carbocycles. The molecule has 0 fully saturated rings. The normalized spacial score (nSPS) is 10.9. The van der Waals surface area contributed by atoms with E-state index in [0.29, 0.717) is 23.8 Å². The summed E-state index contributed by atoms with van der Waals surface area (Å²) in [6.07, 6.45) is 3.49. The zero-order valence-corrected chi connectivity index (χ0v) is 17.0. The number of methoxy groups -OCH3 is 1. The first-order valence-corrected chi connectivity index (χ1v) is 9.31. The van der Waals surface area contributed by atoms with Gasteiger partial charge in [0.1, 0.15) is 12.3 Å². The molecule has 8 heteroatoms. The highest BCUT2D eigenvalue weighted by molar-refractivity contribution is 5.98. The summed E-state index contributed by atoms with van der Waals surface area (Å²) in [6.45, 7) is 3.65. The van der Waals surface area contributed by atoms with Crippen molar-refractivity contribution in [2.75, 3.05) is 25.5 Å². The molecule has 0 heterocycles. The van der Waals surface area contributed by atoms with Gasteiger partial charge in [-0.1, -0.05) is 18.6 Å². The van der Waals surface area contributed by atoms with Gasteiger partial charge in [-0.25, -0.2) is 13.2 Å². The maximum Gasteiger partial charge on any atom is 0.247 e. The van der Waals surface area contributed by atoms with Gasteiger partial charge in [0.05, 0.1) is 12.8 Å². The number of aryl methyl sites for hydroxylation is 1. The summed E-state index contributed by atoms with van der Waals surface area (Å²) in [4.78, 5) is 26.1. The Balaban J connectivity index is 2.11. The zero-order valence-electron chi connectivity index (χ0n) is 17.0. The molecule has 2 aromatic carbocycles. The molecule has 0 aromatic heterocycles. The molecule has 5 nitrogen and oxygen atoms in total. The predicted molar refractivity (Wildman–Crippen MR) is 109 cm³/mol. The SMILES string of the molecule is CCCN(CC(=O)Nc1ccc(F)c(F)c1F)C(=O)/C=C/c1cc(C)ccc1OC. The molecule has 1 N–H and O–H groups in total. The van der Waals surface area contributed by atoms with Crippen molar-refractivity contribution in [3.05, 3.63) is 65.0 Å². The number of hydrogen-bond acceptors (Lipinski definition) is 3. The van der Waals surface area contributed by atoms with Gasteiger partial charge >= 0.3 is 0 Å². The third-order valence-electron chi connectivity index (χ3n) is 4.24. The molecule has 0 aliphatic heterocycles. The molecule has 0 aliphatic rings. The number of carbonyl (C=O) groups is 2. The van der Waals surface area contributed by atoms with E-state index < -0.39 is 35.0 Å². The molecule has 0 saturated carbocycles. The van der Waals surface area contributed by atoms with Gasteiger partial charge in [0, 0.05) is 18.2 Å². The van der Waals surface area contributed by atoms with Crippen LogP contribution in [-0.2, 0) is 9.59 Å². The molecule has 0 bridgehead atoms. The minimum absolute atomic E-state index is 0.280. The van der Waals surface area contributed by atoms with Crippen molar-refractivity contribution < 1.29 is 27.5 Å². The third-order valence-corrected chi connectivity index (χ3v) is 4.24. The van der Waals surface area contributed by atoms with E-state index in [1.165, 1.54) is 18.1 Å². The first kappa shape index (κ1) is 23.0. The summed E-state index contributed by atoms with van der Waals surface area (Å²) in [5.74, 6) is -5.10. The van der Waals surface area contributed by atoms with Crippen molar-refractivity contribution in [3.8, 4) is 5.75 Å².